The lowest BCUT2D eigenvalue weighted by atomic mass is 10.1. The zero-order chi connectivity index (χ0) is 22.0. The number of rotatable bonds is 5. The number of carbonyl (C=O) groups excluding carboxylic acids is 2. The molecule has 2 saturated heterocycles. The van der Waals surface area contributed by atoms with Crippen molar-refractivity contribution < 1.29 is 14.3 Å². The highest BCUT2D eigenvalue weighted by Gasteiger charge is 2.30. The summed E-state index contributed by atoms with van der Waals surface area (Å²) in [6, 6.07) is 9.86. The lowest BCUT2D eigenvalue weighted by molar-refractivity contribution is -0.135. The number of nitrogens with zero attached hydrogens (tertiary/aromatic N) is 3. The molecule has 0 saturated carbocycles. The lowest BCUT2D eigenvalue weighted by Crippen LogP contribution is -2.52. The average Bonchev–Trinajstić information content (AvgIpc) is 3.25. The molecule has 7 nitrogen and oxygen atoms in total. The van der Waals surface area contributed by atoms with E-state index in [4.69, 9.17) is 4.74 Å². The smallest absolute Gasteiger partial charge is 0.263 e. The van der Waals surface area contributed by atoms with Crippen LogP contribution in [0.25, 0.3) is 0 Å². The SMILES string of the molecule is Cc1cccc(CN2CCN(C(=O)c3c(C)ccn(CC4CCCO4)c3=O)CC2=O)c1. The van der Waals surface area contributed by atoms with E-state index in [0.717, 1.165) is 24.0 Å². The molecule has 1 aromatic carbocycles. The third-order valence-corrected chi connectivity index (χ3v) is 6.07. The number of piperazine rings is 1. The number of benzene rings is 1. The van der Waals surface area contributed by atoms with Crippen LogP contribution in [-0.2, 0) is 22.6 Å². The van der Waals surface area contributed by atoms with Gasteiger partial charge < -0.3 is 19.1 Å². The van der Waals surface area contributed by atoms with E-state index in [1.165, 1.54) is 4.90 Å². The molecule has 3 heterocycles. The van der Waals surface area contributed by atoms with Crippen LogP contribution in [-0.4, -0.2) is 58.5 Å². The van der Waals surface area contributed by atoms with Crippen molar-refractivity contribution in [3.8, 4) is 0 Å². The highest BCUT2D eigenvalue weighted by atomic mass is 16.5. The lowest BCUT2D eigenvalue weighted by Gasteiger charge is -2.34. The fourth-order valence-electron chi connectivity index (χ4n) is 4.31. The van der Waals surface area contributed by atoms with Gasteiger partial charge in [0.2, 0.25) is 5.91 Å². The third kappa shape index (κ3) is 4.71. The van der Waals surface area contributed by atoms with Crippen LogP contribution in [0.15, 0.2) is 41.3 Å². The molecule has 0 aliphatic carbocycles. The van der Waals surface area contributed by atoms with Crippen LogP contribution < -0.4 is 5.56 Å². The highest BCUT2D eigenvalue weighted by Crippen LogP contribution is 2.16. The minimum atomic E-state index is -0.368. The van der Waals surface area contributed by atoms with Crippen molar-refractivity contribution >= 4 is 11.8 Å². The first-order chi connectivity index (χ1) is 14.9. The number of carbonyl (C=O) groups is 2. The van der Waals surface area contributed by atoms with Gasteiger partial charge in [0.1, 0.15) is 12.1 Å². The Morgan fingerprint density at radius 2 is 2.00 bits per heavy atom. The van der Waals surface area contributed by atoms with E-state index in [1.807, 2.05) is 25.1 Å². The van der Waals surface area contributed by atoms with Gasteiger partial charge in [0.15, 0.2) is 0 Å². The van der Waals surface area contributed by atoms with Crippen LogP contribution in [0, 0.1) is 13.8 Å². The zero-order valence-electron chi connectivity index (χ0n) is 18.2. The van der Waals surface area contributed by atoms with Gasteiger partial charge in [-0.05, 0) is 43.9 Å². The number of hydrogen-bond acceptors (Lipinski definition) is 4. The monoisotopic (exact) mass is 423 g/mol. The molecule has 2 aromatic rings. The van der Waals surface area contributed by atoms with Crippen LogP contribution >= 0.6 is 0 Å². The van der Waals surface area contributed by atoms with Crippen molar-refractivity contribution in [3.05, 3.63) is 69.1 Å². The molecule has 0 bridgehead atoms. The minimum Gasteiger partial charge on any atom is -0.376 e. The summed E-state index contributed by atoms with van der Waals surface area (Å²) in [5.41, 5.74) is 2.70. The maximum absolute atomic E-state index is 13.2. The highest BCUT2D eigenvalue weighted by molar-refractivity contribution is 5.97. The summed E-state index contributed by atoms with van der Waals surface area (Å²) in [6.45, 7) is 6.33. The summed E-state index contributed by atoms with van der Waals surface area (Å²) in [6.07, 6.45) is 3.64. The summed E-state index contributed by atoms with van der Waals surface area (Å²) in [7, 11) is 0. The van der Waals surface area contributed by atoms with Crippen LogP contribution in [0.5, 0.6) is 0 Å². The largest absolute Gasteiger partial charge is 0.376 e. The Hall–Kier alpha value is -2.93. The molecule has 0 radical (unpaired) electrons. The maximum Gasteiger partial charge on any atom is 0.263 e. The van der Waals surface area contributed by atoms with Crippen molar-refractivity contribution in [2.45, 2.75) is 45.9 Å². The molecule has 1 unspecified atom stereocenters. The molecule has 164 valence electrons. The fraction of sp³-hybridized carbons (Fsp3) is 0.458. The third-order valence-electron chi connectivity index (χ3n) is 6.07. The van der Waals surface area contributed by atoms with E-state index < -0.39 is 0 Å². The van der Waals surface area contributed by atoms with Crippen molar-refractivity contribution in [1.29, 1.82) is 0 Å². The second-order valence-electron chi connectivity index (χ2n) is 8.50. The van der Waals surface area contributed by atoms with Crippen molar-refractivity contribution in [2.75, 3.05) is 26.2 Å². The summed E-state index contributed by atoms with van der Waals surface area (Å²) >= 11 is 0. The van der Waals surface area contributed by atoms with Gasteiger partial charge in [0, 0.05) is 32.4 Å². The van der Waals surface area contributed by atoms with Gasteiger partial charge in [-0.1, -0.05) is 29.8 Å². The van der Waals surface area contributed by atoms with E-state index in [-0.39, 0.29) is 35.6 Å². The van der Waals surface area contributed by atoms with E-state index in [2.05, 4.69) is 6.07 Å². The number of aromatic nitrogens is 1. The Bertz CT molecular complexity index is 1040. The molecule has 7 heteroatoms. The molecule has 2 fully saturated rings. The van der Waals surface area contributed by atoms with Gasteiger partial charge in [-0.2, -0.15) is 0 Å². The molecule has 0 spiro atoms. The van der Waals surface area contributed by atoms with Gasteiger partial charge in [0.05, 0.1) is 12.6 Å². The summed E-state index contributed by atoms with van der Waals surface area (Å²) in [5.74, 6) is -0.470. The van der Waals surface area contributed by atoms with Crippen LogP contribution in [0.1, 0.15) is 39.9 Å². The van der Waals surface area contributed by atoms with Crippen molar-refractivity contribution in [1.82, 2.24) is 14.4 Å². The van der Waals surface area contributed by atoms with Gasteiger partial charge >= 0.3 is 0 Å². The van der Waals surface area contributed by atoms with Gasteiger partial charge in [-0.25, -0.2) is 0 Å². The molecule has 0 N–H and O–H groups in total. The fourth-order valence-corrected chi connectivity index (χ4v) is 4.31. The topological polar surface area (TPSA) is 71.8 Å². The number of aryl methyl sites for hydroxylation is 2. The Labute approximate surface area is 182 Å². The Morgan fingerprint density at radius 3 is 2.71 bits per heavy atom. The number of hydrogen-bond donors (Lipinski definition) is 0. The van der Waals surface area contributed by atoms with Crippen molar-refractivity contribution in [2.24, 2.45) is 0 Å². The minimum absolute atomic E-state index is 0.00936. The van der Waals surface area contributed by atoms with Gasteiger partial charge in [-0.15, -0.1) is 0 Å². The number of ether oxygens (including phenoxy) is 1. The van der Waals surface area contributed by atoms with E-state index >= 15 is 0 Å². The van der Waals surface area contributed by atoms with Crippen LogP contribution in [0.3, 0.4) is 0 Å². The van der Waals surface area contributed by atoms with E-state index in [1.54, 1.807) is 28.7 Å². The molecule has 31 heavy (non-hydrogen) atoms. The molecule has 2 aliphatic heterocycles. The number of amides is 2. The Balaban J connectivity index is 1.46. The summed E-state index contributed by atoms with van der Waals surface area (Å²) < 4.78 is 7.20. The van der Waals surface area contributed by atoms with Crippen LogP contribution in [0.2, 0.25) is 0 Å². The first-order valence-corrected chi connectivity index (χ1v) is 10.9. The zero-order valence-corrected chi connectivity index (χ0v) is 18.2. The van der Waals surface area contributed by atoms with Crippen LogP contribution in [0.4, 0.5) is 0 Å². The maximum atomic E-state index is 13.2. The molecular weight excluding hydrogens is 394 g/mol. The molecule has 1 atom stereocenters. The standard InChI is InChI=1S/C24H29N3O4/c1-17-5-3-6-19(13-17)14-25-10-11-27(16-21(25)28)24(30)22-18(2)8-9-26(23(22)29)15-20-7-4-12-31-20/h3,5-6,8-9,13,20H,4,7,10-12,14-16H2,1-2H3. The van der Waals surface area contributed by atoms with Gasteiger partial charge in [0.25, 0.3) is 11.5 Å². The molecule has 2 amide bonds. The first-order valence-electron chi connectivity index (χ1n) is 10.9. The predicted molar refractivity (Wildman–Crippen MR) is 117 cm³/mol. The average molecular weight is 424 g/mol. The predicted octanol–water partition coefficient (Wildman–Crippen LogP) is 2.13. The first kappa shape index (κ1) is 21.3. The Kier molecular flexibility index (Phi) is 6.23. The van der Waals surface area contributed by atoms with E-state index in [9.17, 15) is 14.4 Å². The molecular formula is C24H29N3O4. The second kappa shape index (κ2) is 9.06. The van der Waals surface area contributed by atoms with E-state index in [0.29, 0.717) is 38.3 Å². The molecule has 1 aromatic heterocycles. The second-order valence-corrected chi connectivity index (χ2v) is 8.50. The number of pyridine rings is 1. The Morgan fingerprint density at radius 1 is 1.16 bits per heavy atom. The van der Waals surface area contributed by atoms with Crippen molar-refractivity contribution in [3.63, 3.8) is 0 Å². The van der Waals surface area contributed by atoms with Gasteiger partial charge in [-0.3, -0.25) is 14.4 Å². The summed E-state index contributed by atoms with van der Waals surface area (Å²) in [4.78, 5) is 42.2. The normalized spacial score (nSPS) is 19.2. The molecule has 4 rings (SSSR count). The summed E-state index contributed by atoms with van der Waals surface area (Å²) in [5, 5.41) is 0. The quantitative estimate of drug-likeness (QED) is 0.739. The molecule has 2 aliphatic rings.